The maximum absolute atomic E-state index is 16.0. The lowest BCUT2D eigenvalue weighted by molar-refractivity contribution is -0.149. The Labute approximate surface area is 782 Å². The third-order valence-corrected chi connectivity index (χ3v) is 24.4. The number of amides is 17. The van der Waals surface area contributed by atoms with Gasteiger partial charge in [0.05, 0.1) is 24.8 Å². The van der Waals surface area contributed by atoms with Crippen molar-refractivity contribution in [3.63, 3.8) is 0 Å². The van der Waals surface area contributed by atoms with Gasteiger partial charge in [0.2, 0.25) is 100 Å². The quantitative estimate of drug-likeness (QED) is 0.0286. The number of nitrogens with two attached hydrogens (primary N) is 4. The zero-order valence-electron chi connectivity index (χ0n) is 77.6. The van der Waals surface area contributed by atoms with Gasteiger partial charge in [0.25, 0.3) is 0 Å². The number of hydrogen-bond donors (Lipinski definition) is 19. The first kappa shape index (κ1) is 108. The van der Waals surface area contributed by atoms with Crippen molar-refractivity contribution in [2.45, 2.75) is 249 Å². The summed E-state index contributed by atoms with van der Waals surface area (Å²) in [6.07, 6.45) is 1.04. The summed E-state index contributed by atoms with van der Waals surface area (Å²) >= 11 is 0.794. The number of fused-ring (bicyclic) bond motifs is 3. The summed E-state index contributed by atoms with van der Waals surface area (Å²) in [4.78, 5) is 266. The summed E-state index contributed by atoms with van der Waals surface area (Å²) in [5, 5.41) is 61.9. The molecule has 23 N–H and O–H groups in total. The predicted octanol–water partition coefficient (Wildman–Crippen LogP) is -1.94. The Morgan fingerprint density at radius 3 is 1.75 bits per heavy atom. The Bertz CT molecular complexity index is 4970. The normalized spacial score (nSPS) is 24.2. The first-order valence-electron chi connectivity index (χ1n) is 45.3. The minimum Gasteiger partial charge on any atom is -0.508 e. The van der Waals surface area contributed by atoms with Crippen molar-refractivity contribution in [1.29, 1.82) is 0 Å². The van der Waals surface area contributed by atoms with Crippen molar-refractivity contribution in [3.8, 4) is 5.75 Å². The maximum atomic E-state index is 16.0. The Morgan fingerprint density at radius 2 is 1.11 bits per heavy atom. The molecule has 7 rings (SSSR count). The fourth-order valence-electron chi connectivity index (χ4n) is 16.1. The monoisotopic (exact) mass is 1890 g/mol. The molecule has 5 aromatic rings. The number of aromatic hydroxyl groups is 1. The molecule has 2 aliphatic heterocycles. The number of phenolic OH excluding ortho intramolecular Hbond substituents is 1. The number of hydrogen-bond acceptors (Lipinski definition) is 23. The van der Waals surface area contributed by atoms with E-state index in [9.17, 15) is 68.1 Å². The Kier molecular flexibility index (Phi) is 42.5. The second kappa shape index (κ2) is 52.6. The number of likely N-dealkylation sites (N-methyl/N-ethyl adjacent to an activating group) is 3. The fraction of sp³-hybridized carbons (Fsp3) is 0.560. The van der Waals surface area contributed by atoms with Crippen molar-refractivity contribution in [2.24, 2.45) is 34.8 Å². The molecule has 0 saturated carbocycles. The average molecular weight is 1890 g/mol. The number of carbonyl (C=O) groups excluding carboxylic acids is 17. The molecule has 4 heterocycles. The summed E-state index contributed by atoms with van der Waals surface area (Å²) in [6.45, 7) is 9.49. The number of nitrogens with one attached hydrogen (secondary N) is 12. The number of carboxylic acid groups (broad SMARTS) is 1. The molecule has 0 aliphatic carbocycles. The van der Waals surface area contributed by atoms with Crippen LogP contribution in [0.2, 0.25) is 0 Å². The molecular formula is C91H133N21O21S. The standard InChI is InChI=1S/C91H133N21O21S/c1-11-13-24-71-86(128)103-62(35-50(3)4)83(125)107-69(81(123)98-44-75(95)116)48-134-49-77(118)99-66(37-53-28-30-56(113)31-29-53)88(130)108(8)52(7)79(121)102-64(41-74(94)115)80(122)96-34-20-19-27-76(117)100-68(42-93)85(127)105-65(36-51(5)6)90(132)112-46-57(114)40-73(112)87(129)104-63(38-54-43-97-60-23-17-15-21-58(54)60)84(126)101-61(32-33-92)82(124)106-67(89(131)110(10)72(25-14-12-2)91(133)109(71)9)39-55-45-111(47-78(119)120)70-26-18-16-22-59(55)70/h15-18,21-23,26,28-31,43,45,50-52,57,61-69,71-73,97,113-114H,11-14,19-20,24-25,27,32-42,44,46-49,92-93H2,1-10H3,(H2,94,115)(H2,95,116)(H,96,122)(H,98,123)(H,99,118)(H,100,117)(H,101,126)(H,102,121)(H,103,128)(H,104,129)(H,105,127)(H,106,124)(H,107,125)(H,119,120)/t52-,57+,61-,62-,63-,64-,65-,66-,67-,68-,69-,71-,72-,73-/m0/s1. The number of nitrogens with zero attached hydrogens (tertiary/aromatic N) is 5. The molecule has 43 heteroatoms. The number of thioether (sulfide) groups is 1. The van der Waals surface area contributed by atoms with Gasteiger partial charge in [-0.3, -0.25) is 86.3 Å². The first-order valence-corrected chi connectivity index (χ1v) is 46.5. The van der Waals surface area contributed by atoms with Crippen LogP contribution in [0.15, 0.2) is 85.2 Å². The third-order valence-electron chi connectivity index (χ3n) is 23.4. The van der Waals surface area contributed by atoms with E-state index in [4.69, 9.17) is 22.9 Å². The van der Waals surface area contributed by atoms with Gasteiger partial charge >= 0.3 is 5.97 Å². The Morgan fingerprint density at radius 1 is 0.552 bits per heavy atom. The zero-order chi connectivity index (χ0) is 98.9. The van der Waals surface area contributed by atoms with E-state index in [2.05, 4.69) is 63.5 Å². The number of aliphatic hydroxyl groups is 1. The second-order valence-electron chi connectivity index (χ2n) is 34.9. The lowest BCUT2D eigenvalue weighted by atomic mass is 9.99. The van der Waals surface area contributed by atoms with Crippen molar-refractivity contribution in [3.05, 3.63) is 102 Å². The molecule has 734 valence electrons. The van der Waals surface area contributed by atoms with Gasteiger partial charge in [-0.05, 0) is 111 Å². The van der Waals surface area contributed by atoms with Crippen LogP contribution in [0.5, 0.6) is 5.75 Å². The van der Waals surface area contributed by atoms with E-state index in [0.717, 1.165) is 31.4 Å². The van der Waals surface area contributed by atoms with Gasteiger partial charge in [-0.15, -0.1) is 11.8 Å². The molecular weight excluding hydrogens is 1760 g/mol. The lowest BCUT2D eigenvalue weighted by Crippen LogP contribution is -2.61. The molecule has 17 amide bonds. The summed E-state index contributed by atoms with van der Waals surface area (Å²) < 4.78 is 1.44. The van der Waals surface area contributed by atoms with Crippen LogP contribution in [0.4, 0.5) is 0 Å². The van der Waals surface area contributed by atoms with E-state index in [1.54, 1.807) is 82.4 Å². The van der Waals surface area contributed by atoms with Gasteiger partial charge < -0.3 is 126 Å². The van der Waals surface area contributed by atoms with Crippen LogP contribution < -0.4 is 81.4 Å². The number of unbranched alkanes of at least 4 members (excludes halogenated alkanes) is 2. The number of aliphatic hydroxyl groups excluding tert-OH is 1. The highest BCUT2D eigenvalue weighted by Gasteiger charge is 2.45. The molecule has 0 unspecified atom stereocenters. The largest absolute Gasteiger partial charge is 0.508 e. The number of rotatable bonds is 26. The number of phenols is 1. The van der Waals surface area contributed by atoms with Gasteiger partial charge in [-0.25, -0.2) is 0 Å². The van der Waals surface area contributed by atoms with E-state index >= 15 is 33.6 Å². The number of carboxylic acids is 1. The number of aliphatic carboxylic acids is 1. The van der Waals surface area contributed by atoms with Crippen LogP contribution in [0.3, 0.4) is 0 Å². The number of H-pyrrole nitrogens is 1. The second-order valence-corrected chi connectivity index (χ2v) is 36.0. The van der Waals surface area contributed by atoms with Gasteiger partial charge in [0.15, 0.2) is 0 Å². The molecule has 2 aromatic heterocycles. The van der Waals surface area contributed by atoms with Gasteiger partial charge in [0, 0.05) is 113 Å². The van der Waals surface area contributed by atoms with Crippen molar-refractivity contribution in [1.82, 2.24) is 87.6 Å². The number of benzene rings is 3. The Hall–Kier alpha value is -12.8. The van der Waals surface area contributed by atoms with Crippen molar-refractivity contribution in [2.75, 3.05) is 65.4 Å². The smallest absolute Gasteiger partial charge is 0.323 e. The molecule has 0 bridgehead atoms. The topological polar surface area (TPSA) is 638 Å². The summed E-state index contributed by atoms with van der Waals surface area (Å²) in [5.41, 5.74) is 25.7. The highest BCUT2D eigenvalue weighted by atomic mass is 32.2. The van der Waals surface area contributed by atoms with E-state index in [-0.39, 0.29) is 108 Å². The third kappa shape index (κ3) is 32.0. The van der Waals surface area contributed by atoms with Crippen LogP contribution in [0, 0.1) is 11.8 Å². The van der Waals surface area contributed by atoms with Crippen molar-refractivity contribution < 1.29 is 102 Å². The molecule has 0 radical (unpaired) electrons. The van der Waals surface area contributed by atoms with E-state index in [1.165, 1.54) is 63.1 Å². The minimum atomic E-state index is -1.65. The van der Waals surface area contributed by atoms with Crippen LogP contribution in [-0.4, -0.2) is 301 Å². The van der Waals surface area contributed by atoms with Gasteiger partial charge in [0.1, 0.15) is 90.8 Å². The maximum Gasteiger partial charge on any atom is 0.323 e. The number of aromatic amines is 1. The molecule has 0 spiro atoms. The van der Waals surface area contributed by atoms with Crippen LogP contribution in [0.25, 0.3) is 21.8 Å². The number of primary amides is 2. The number of aromatic nitrogens is 2. The van der Waals surface area contributed by atoms with E-state index in [1.807, 2.05) is 13.8 Å². The highest BCUT2D eigenvalue weighted by molar-refractivity contribution is 8.00. The lowest BCUT2D eigenvalue weighted by Gasteiger charge is -2.36. The van der Waals surface area contributed by atoms with Gasteiger partial charge in [-0.2, -0.15) is 0 Å². The molecule has 134 heavy (non-hydrogen) atoms. The SMILES string of the molecule is CCCC[C@H]1C(=O)N(C)[C@@H](CCCC)C(=O)N[C@@H](CC(C)C)C(=O)N[C@H](C(=O)NCC(N)=O)CSCC(=O)N[C@@H](Cc2ccc(O)cc2)C(=O)N(C)[C@@H](C)C(=O)N[C@@H](CC(N)=O)C(=O)NCCCCC(=O)N[C@@H](CN)C(=O)N[C@@H](CC(C)C)C(=O)N2C[C@H](O)C[C@H]2C(=O)N[C@@H](Cc2c[nH]c3ccccc23)C(=O)N[C@@H](CCN)C(=O)N[C@@H](Cc2cn(CC(=O)O)c3ccccc23)C(=O)N1C. The summed E-state index contributed by atoms with van der Waals surface area (Å²) in [6, 6.07) is -0.0601. The summed E-state index contributed by atoms with van der Waals surface area (Å²) in [7, 11) is 3.93. The molecule has 2 saturated heterocycles. The minimum absolute atomic E-state index is 0.00184. The molecule has 2 fully saturated rings. The van der Waals surface area contributed by atoms with E-state index in [0.29, 0.717) is 64.2 Å². The average Bonchev–Trinajstić information content (AvgIpc) is 1.63. The van der Waals surface area contributed by atoms with E-state index < -0.39 is 235 Å². The first-order chi connectivity index (χ1) is 63.6. The molecule has 3 aromatic carbocycles. The fourth-order valence-corrected chi connectivity index (χ4v) is 16.9. The van der Waals surface area contributed by atoms with Gasteiger partial charge in [-0.1, -0.05) is 116 Å². The summed E-state index contributed by atoms with van der Waals surface area (Å²) in [5.74, 6) is -18.0. The van der Waals surface area contributed by atoms with Crippen molar-refractivity contribution >= 4 is 140 Å². The molecule has 14 atom stereocenters. The van der Waals surface area contributed by atoms with Crippen LogP contribution >= 0.6 is 11.8 Å². The predicted molar refractivity (Wildman–Crippen MR) is 497 cm³/mol. The number of carbonyl (C=O) groups is 18. The van der Waals surface area contributed by atoms with Crippen LogP contribution in [-0.2, 0) is 112 Å². The Balaban J connectivity index is 1.29. The molecule has 42 nitrogen and oxygen atoms in total. The number of para-hydroxylation sites is 2. The highest BCUT2D eigenvalue weighted by Crippen LogP contribution is 2.28. The molecule has 2 aliphatic rings. The zero-order valence-corrected chi connectivity index (χ0v) is 78.5. The van der Waals surface area contributed by atoms with Crippen LogP contribution in [0.1, 0.15) is 155 Å².